The van der Waals surface area contributed by atoms with E-state index in [1.807, 2.05) is 0 Å². The molecule has 0 aliphatic carbocycles. The lowest BCUT2D eigenvalue weighted by molar-refractivity contribution is -0.145. The van der Waals surface area contributed by atoms with Crippen molar-refractivity contribution in [2.45, 2.75) is 64.7 Å². The van der Waals surface area contributed by atoms with E-state index in [4.69, 9.17) is 4.74 Å². The van der Waals surface area contributed by atoms with Crippen molar-refractivity contribution in [2.75, 3.05) is 6.61 Å². The molecule has 15 heavy (non-hydrogen) atoms. The van der Waals surface area contributed by atoms with E-state index in [1.54, 1.807) is 0 Å². The lowest BCUT2D eigenvalue weighted by Crippen LogP contribution is -2.11. The maximum Gasteiger partial charge on any atom is 0.305 e. The average molecular weight is 212 g/mol. The molecule has 0 aromatic heterocycles. The minimum absolute atomic E-state index is 0.00102. The van der Waals surface area contributed by atoms with Crippen LogP contribution in [0.4, 0.5) is 0 Å². The molecule has 0 radical (unpaired) electrons. The predicted octanol–water partition coefficient (Wildman–Crippen LogP) is 3.69. The third-order valence-electron chi connectivity index (χ3n) is 3.11. The van der Waals surface area contributed by atoms with E-state index in [1.165, 1.54) is 44.9 Å². The van der Waals surface area contributed by atoms with E-state index in [-0.39, 0.29) is 5.97 Å². The van der Waals surface area contributed by atoms with Gasteiger partial charge in [0.25, 0.3) is 0 Å². The van der Waals surface area contributed by atoms with Gasteiger partial charge in [0.05, 0.1) is 6.61 Å². The van der Waals surface area contributed by atoms with E-state index in [0.717, 1.165) is 6.42 Å². The van der Waals surface area contributed by atoms with Crippen molar-refractivity contribution >= 4 is 5.97 Å². The maximum absolute atomic E-state index is 11.3. The molecular weight excluding hydrogens is 188 g/mol. The number of hydrogen-bond acceptors (Lipinski definition) is 2. The lowest BCUT2D eigenvalue weighted by Gasteiger charge is -2.11. The first-order chi connectivity index (χ1) is 7.29. The van der Waals surface area contributed by atoms with E-state index < -0.39 is 0 Å². The Kier molecular flexibility index (Phi) is 6.45. The number of rotatable bonds is 0. The zero-order valence-electron chi connectivity index (χ0n) is 9.96. The zero-order valence-corrected chi connectivity index (χ0v) is 9.96. The Bertz CT molecular complexity index is 177. The minimum Gasteiger partial charge on any atom is -0.465 e. The summed E-state index contributed by atoms with van der Waals surface area (Å²) in [6.07, 6.45) is 10.6. The first-order valence-corrected chi connectivity index (χ1v) is 6.44. The highest BCUT2D eigenvalue weighted by Gasteiger charge is 2.08. The molecule has 0 aromatic carbocycles. The predicted molar refractivity (Wildman–Crippen MR) is 61.7 cm³/mol. The Morgan fingerprint density at radius 1 is 1.00 bits per heavy atom. The third kappa shape index (κ3) is 6.53. The average Bonchev–Trinajstić information content (AvgIpc) is 2.24. The Balaban J connectivity index is 2.25. The van der Waals surface area contributed by atoms with Crippen molar-refractivity contribution in [1.29, 1.82) is 0 Å². The second-order valence-electron chi connectivity index (χ2n) is 4.80. The highest BCUT2D eigenvalue weighted by Crippen LogP contribution is 2.15. The van der Waals surface area contributed by atoms with Crippen molar-refractivity contribution in [2.24, 2.45) is 5.92 Å². The molecule has 2 heteroatoms. The van der Waals surface area contributed by atoms with Gasteiger partial charge in [-0.2, -0.15) is 0 Å². The van der Waals surface area contributed by atoms with Gasteiger partial charge in [-0.25, -0.2) is 0 Å². The van der Waals surface area contributed by atoms with Crippen molar-refractivity contribution in [1.82, 2.24) is 0 Å². The fourth-order valence-corrected chi connectivity index (χ4v) is 2.04. The van der Waals surface area contributed by atoms with Crippen LogP contribution in [0.3, 0.4) is 0 Å². The standard InChI is InChI=1S/C13H24O2/c1-12-9-7-5-3-2-4-6-8-10-13(14)15-11-12/h12H,2-11H2,1H3/t12-/m0/s1. The summed E-state index contributed by atoms with van der Waals surface area (Å²) in [5.74, 6) is 0.538. The van der Waals surface area contributed by atoms with Gasteiger partial charge in [0.2, 0.25) is 0 Å². The normalized spacial score (nSPS) is 27.0. The lowest BCUT2D eigenvalue weighted by atomic mass is 10.0. The highest BCUT2D eigenvalue weighted by atomic mass is 16.5. The van der Waals surface area contributed by atoms with Crippen LogP contribution < -0.4 is 0 Å². The molecule has 1 aliphatic heterocycles. The monoisotopic (exact) mass is 212 g/mol. The number of esters is 1. The molecule has 1 saturated heterocycles. The SMILES string of the molecule is C[C@H]1CCCCCCCCCC(=O)OC1. The van der Waals surface area contributed by atoms with Crippen molar-refractivity contribution < 1.29 is 9.53 Å². The number of carbonyl (C=O) groups is 1. The Labute approximate surface area is 93.4 Å². The molecule has 0 saturated carbocycles. The van der Waals surface area contributed by atoms with E-state index in [2.05, 4.69) is 6.92 Å². The van der Waals surface area contributed by atoms with Gasteiger partial charge in [-0.3, -0.25) is 4.79 Å². The zero-order chi connectivity index (χ0) is 10.9. The molecule has 0 aromatic rings. The van der Waals surface area contributed by atoms with Crippen LogP contribution in [0.2, 0.25) is 0 Å². The van der Waals surface area contributed by atoms with Crippen LogP contribution in [-0.4, -0.2) is 12.6 Å². The van der Waals surface area contributed by atoms with Crippen LogP contribution in [0.1, 0.15) is 64.7 Å². The number of hydrogen-bond donors (Lipinski definition) is 0. The summed E-state index contributed by atoms with van der Waals surface area (Å²) in [4.78, 5) is 11.3. The largest absolute Gasteiger partial charge is 0.465 e. The van der Waals surface area contributed by atoms with Crippen LogP contribution >= 0.6 is 0 Å². The van der Waals surface area contributed by atoms with Gasteiger partial charge in [0, 0.05) is 6.42 Å². The van der Waals surface area contributed by atoms with Gasteiger partial charge < -0.3 is 4.74 Å². The van der Waals surface area contributed by atoms with Crippen LogP contribution in [0.15, 0.2) is 0 Å². The van der Waals surface area contributed by atoms with Crippen LogP contribution in [0, 0.1) is 5.92 Å². The molecule has 0 N–H and O–H groups in total. The third-order valence-corrected chi connectivity index (χ3v) is 3.11. The molecule has 88 valence electrons. The molecule has 2 nitrogen and oxygen atoms in total. The molecule has 1 atom stereocenters. The summed E-state index contributed by atoms with van der Waals surface area (Å²) in [7, 11) is 0. The molecule has 1 fully saturated rings. The number of cyclic esters (lactones) is 1. The number of carbonyl (C=O) groups excluding carboxylic acids is 1. The molecule has 1 rings (SSSR count). The van der Waals surface area contributed by atoms with Gasteiger partial charge in [-0.1, -0.05) is 45.4 Å². The first-order valence-electron chi connectivity index (χ1n) is 6.44. The van der Waals surface area contributed by atoms with Gasteiger partial charge in [0.15, 0.2) is 0 Å². The first kappa shape index (κ1) is 12.5. The van der Waals surface area contributed by atoms with Crippen molar-refractivity contribution in [3.8, 4) is 0 Å². The Morgan fingerprint density at radius 2 is 1.60 bits per heavy atom. The smallest absolute Gasteiger partial charge is 0.305 e. The van der Waals surface area contributed by atoms with Crippen molar-refractivity contribution in [3.63, 3.8) is 0 Å². The molecule has 0 unspecified atom stereocenters. The van der Waals surface area contributed by atoms with E-state index >= 15 is 0 Å². The van der Waals surface area contributed by atoms with E-state index in [9.17, 15) is 4.79 Å². The summed E-state index contributed by atoms with van der Waals surface area (Å²) >= 11 is 0. The second kappa shape index (κ2) is 7.72. The minimum atomic E-state index is 0.00102. The maximum atomic E-state index is 11.3. The highest BCUT2D eigenvalue weighted by molar-refractivity contribution is 5.69. The fourth-order valence-electron chi connectivity index (χ4n) is 2.04. The van der Waals surface area contributed by atoms with Gasteiger partial charge in [-0.15, -0.1) is 0 Å². The Hall–Kier alpha value is -0.530. The molecule has 1 aliphatic rings. The summed E-state index contributed by atoms with van der Waals surface area (Å²) in [6.45, 7) is 2.80. The quantitative estimate of drug-likeness (QED) is 0.572. The molecular formula is C13H24O2. The van der Waals surface area contributed by atoms with Crippen LogP contribution in [0.5, 0.6) is 0 Å². The van der Waals surface area contributed by atoms with Gasteiger partial charge >= 0.3 is 5.97 Å². The molecule has 1 heterocycles. The summed E-state index contributed by atoms with van der Waals surface area (Å²) in [5, 5.41) is 0. The number of ether oxygens (including phenoxy) is 1. The van der Waals surface area contributed by atoms with E-state index in [0.29, 0.717) is 18.9 Å². The summed E-state index contributed by atoms with van der Waals surface area (Å²) in [6, 6.07) is 0. The topological polar surface area (TPSA) is 26.3 Å². The van der Waals surface area contributed by atoms with Gasteiger partial charge in [-0.05, 0) is 18.8 Å². The Morgan fingerprint density at radius 3 is 2.33 bits per heavy atom. The molecule has 0 amide bonds. The summed E-state index contributed by atoms with van der Waals surface area (Å²) < 4.78 is 5.23. The van der Waals surface area contributed by atoms with Gasteiger partial charge in [0.1, 0.15) is 0 Å². The van der Waals surface area contributed by atoms with Crippen LogP contribution in [0.25, 0.3) is 0 Å². The van der Waals surface area contributed by atoms with Crippen molar-refractivity contribution in [3.05, 3.63) is 0 Å². The van der Waals surface area contributed by atoms with Crippen LogP contribution in [-0.2, 0) is 9.53 Å². The molecule has 0 spiro atoms. The second-order valence-corrected chi connectivity index (χ2v) is 4.80. The fraction of sp³-hybridized carbons (Fsp3) is 0.923. The summed E-state index contributed by atoms with van der Waals surface area (Å²) in [5.41, 5.74) is 0. The molecule has 0 bridgehead atoms.